The Balaban J connectivity index is 0.00000361. The number of amides is 1. The van der Waals surface area contributed by atoms with Gasteiger partial charge < -0.3 is 10.3 Å². The number of nitrogens with two attached hydrogens (primary N) is 1. The number of hydrogen-bond acceptors (Lipinski definition) is 4. The summed E-state index contributed by atoms with van der Waals surface area (Å²) in [4.78, 5) is 11.0. The van der Waals surface area contributed by atoms with Gasteiger partial charge in [0, 0.05) is 11.2 Å². The Morgan fingerprint density at radius 3 is 2.10 bits per heavy atom. The Hall–Kier alpha value is 0.380. The fourth-order valence-electron chi connectivity index (χ4n) is 2.84. The van der Waals surface area contributed by atoms with E-state index in [0.29, 0.717) is 24.7 Å². The molecule has 1 rings (SSSR count). The van der Waals surface area contributed by atoms with Crippen LogP contribution in [0.15, 0.2) is 0 Å². The predicted octanol–water partition coefficient (Wildman–Crippen LogP) is -1.37. The number of hydrogen-bond donors (Lipinski definition) is 1. The maximum absolute atomic E-state index is 11.0. The molecule has 1 aliphatic rings. The number of carbonyl (C=O) groups is 1. The molecule has 1 saturated carbocycles. The predicted molar refractivity (Wildman–Crippen MR) is 72.2 cm³/mol. The molecule has 7 heteroatoms. The van der Waals surface area contributed by atoms with Gasteiger partial charge in [0.2, 0.25) is 5.91 Å². The molecule has 20 heavy (non-hydrogen) atoms. The summed E-state index contributed by atoms with van der Waals surface area (Å²) >= 11 is 0. The van der Waals surface area contributed by atoms with E-state index in [1.807, 2.05) is 6.92 Å². The summed E-state index contributed by atoms with van der Waals surface area (Å²) in [7, 11) is -4.12. The molecule has 0 spiro atoms. The van der Waals surface area contributed by atoms with Crippen molar-refractivity contribution in [3.8, 4) is 0 Å². The first-order chi connectivity index (χ1) is 8.71. The monoisotopic (exact) mass is 313 g/mol. The molecule has 2 unspecified atom stereocenters. The van der Waals surface area contributed by atoms with E-state index in [4.69, 9.17) is 5.73 Å². The fourth-order valence-corrected chi connectivity index (χ4v) is 3.69. The maximum Gasteiger partial charge on any atom is 1.00 e. The number of primary amides is 1. The zero-order valence-corrected chi connectivity index (χ0v) is 15.5. The van der Waals surface area contributed by atoms with E-state index in [0.717, 1.165) is 25.7 Å². The van der Waals surface area contributed by atoms with Crippen LogP contribution in [0.5, 0.6) is 0 Å². The molecule has 0 aromatic rings. The van der Waals surface area contributed by atoms with Crippen molar-refractivity contribution in [2.45, 2.75) is 57.6 Å². The SMILES string of the molecule is CC(CCC(C)C1CCC(S(=O)(=O)[O-])CC1)C(N)=O.[Na+]. The van der Waals surface area contributed by atoms with E-state index in [1.165, 1.54) is 0 Å². The average molecular weight is 313 g/mol. The molecule has 0 aliphatic heterocycles. The third-order valence-electron chi connectivity index (χ3n) is 4.47. The summed E-state index contributed by atoms with van der Waals surface area (Å²) in [6.45, 7) is 3.96. The summed E-state index contributed by atoms with van der Waals surface area (Å²) in [6.07, 6.45) is 4.23. The van der Waals surface area contributed by atoms with Gasteiger partial charge in [-0.05, 0) is 50.4 Å². The van der Waals surface area contributed by atoms with Crippen LogP contribution < -0.4 is 35.3 Å². The molecule has 0 radical (unpaired) electrons. The molecule has 0 heterocycles. The van der Waals surface area contributed by atoms with Gasteiger partial charge in [-0.3, -0.25) is 4.79 Å². The molecule has 0 aromatic carbocycles. The van der Waals surface area contributed by atoms with Crippen LogP contribution in [0.1, 0.15) is 52.4 Å². The molecule has 0 aromatic heterocycles. The first-order valence-corrected chi connectivity index (χ1v) is 8.43. The number of carbonyl (C=O) groups excluding carboxylic acids is 1. The van der Waals surface area contributed by atoms with Gasteiger partial charge in [-0.25, -0.2) is 8.42 Å². The van der Waals surface area contributed by atoms with E-state index in [9.17, 15) is 17.8 Å². The summed E-state index contributed by atoms with van der Waals surface area (Å²) in [5, 5.41) is -0.694. The van der Waals surface area contributed by atoms with Crippen LogP contribution in [0, 0.1) is 17.8 Å². The second kappa shape index (κ2) is 8.73. The molecular weight excluding hydrogens is 289 g/mol. The third-order valence-corrected chi connectivity index (χ3v) is 5.76. The van der Waals surface area contributed by atoms with Crippen LogP contribution in [0.25, 0.3) is 0 Å². The fraction of sp³-hybridized carbons (Fsp3) is 0.923. The largest absolute Gasteiger partial charge is 1.00 e. The number of rotatable bonds is 6. The molecule has 5 nitrogen and oxygen atoms in total. The molecule has 1 fully saturated rings. The Bertz CT molecular complexity index is 405. The first kappa shape index (κ1) is 20.4. The zero-order chi connectivity index (χ0) is 14.6. The van der Waals surface area contributed by atoms with Crippen molar-refractivity contribution in [3.05, 3.63) is 0 Å². The molecule has 112 valence electrons. The maximum atomic E-state index is 11.0. The Morgan fingerprint density at radius 1 is 1.20 bits per heavy atom. The summed E-state index contributed by atoms with van der Waals surface area (Å²) in [6, 6.07) is 0. The van der Waals surface area contributed by atoms with Gasteiger partial charge in [-0.2, -0.15) is 0 Å². The molecule has 2 atom stereocenters. The Morgan fingerprint density at radius 2 is 1.70 bits per heavy atom. The topological polar surface area (TPSA) is 100 Å². The molecule has 1 amide bonds. The van der Waals surface area contributed by atoms with Gasteiger partial charge in [-0.1, -0.05) is 13.8 Å². The molecule has 1 aliphatic carbocycles. The summed E-state index contributed by atoms with van der Waals surface area (Å²) < 4.78 is 32.8. The van der Waals surface area contributed by atoms with Crippen LogP contribution in [0.3, 0.4) is 0 Å². The summed E-state index contributed by atoms with van der Waals surface area (Å²) in [5.74, 6) is 0.518. The molecule has 2 N–H and O–H groups in total. The van der Waals surface area contributed by atoms with Crippen LogP contribution in [0.4, 0.5) is 0 Å². The van der Waals surface area contributed by atoms with Crippen LogP contribution >= 0.6 is 0 Å². The van der Waals surface area contributed by atoms with Crippen LogP contribution in [0.2, 0.25) is 0 Å². The average Bonchev–Trinajstić information content (AvgIpc) is 2.34. The van der Waals surface area contributed by atoms with E-state index in [2.05, 4.69) is 6.92 Å². The van der Waals surface area contributed by atoms with Crippen molar-refractivity contribution < 1.29 is 47.3 Å². The van der Waals surface area contributed by atoms with Gasteiger partial charge in [0.15, 0.2) is 0 Å². The first-order valence-electron chi connectivity index (χ1n) is 6.95. The third kappa shape index (κ3) is 6.43. The second-order valence-electron chi connectivity index (χ2n) is 5.89. The van der Waals surface area contributed by atoms with Crippen LogP contribution in [-0.4, -0.2) is 24.1 Å². The van der Waals surface area contributed by atoms with Gasteiger partial charge in [-0.15, -0.1) is 0 Å². The zero-order valence-electron chi connectivity index (χ0n) is 12.7. The van der Waals surface area contributed by atoms with E-state index < -0.39 is 15.4 Å². The normalized spacial score (nSPS) is 26.4. The van der Waals surface area contributed by atoms with E-state index >= 15 is 0 Å². The van der Waals surface area contributed by atoms with Crippen molar-refractivity contribution >= 4 is 16.0 Å². The van der Waals surface area contributed by atoms with E-state index in [1.54, 1.807) is 0 Å². The second-order valence-corrected chi connectivity index (χ2v) is 7.54. The quantitative estimate of drug-likeness (QED) is 0.483. The molecular formula is C13H24NNaO4S. The minimum Gasteiger partial charge on any atom is -0.748 e. The van der Waals surface area contributed by atoms with E-state index in [-0.39, 0.29) is 41.4 Å². The van der Waals surface area contributed by atoms with Crippen molar-refractivity contribution in [1.29, 1.82) is 0 Å². The van der Waals surface area contributed by atoms with Crippen molar-refractivity contribution in [2.24, 2.45) is 23.5 Å². The molecule has 0 bridgehead atoms. The smallest absolute Gasteiger partial charge is 0.748 e. The minimum atomic E-state index is -4.12. The van der Waals surface area contributed by atoms with Gasteiger partial charge in [0.25, 0.3) is 0 Å². The van der Waals surface area contributed by atoms with Crippen molar-refractivity contribution in [1.82, 2.24) is 0 Å². The summed E-state index contributed by atoms with van der Waals surface area (Å²) in [5.41, 5.74) is 5.23. The van der Waals surface area contributed by atoms with Crippen LogP contribution in [-0.2, 0) is 14.9 Å². The minimum absolute atomic E-state index is 0. The standard InChI is InChI=1S/C13H25NO4S.Na/c1-9(3-4-10(2)13(14)15)11-5-7-12(8-6-11)19(16,17)18;/h9-12H,3-8H2,1-2H3,(H2,14,15)(H,16,17,18);/q;+1/p-1. The molecule has 0 saturated heterocycles. The Kier molecular flexibility index (Phi) is 8.90. The Labute approximate surface area is 144 Å². The van der Waals surface area contributed by atoms with Crippen molar-refractivity contribution in [2.75, 3.05) is 0 Å². The van der Waals surface area contributed by atoms with Gasteiger partial charge in [0.1, 0.15) is 0 Å². The van der Waals surface area contributed by atoms with Gasteiger partial charge >= 0.3 is 29.6 Å². The van der Waals surface area contributed by atoms with Crippen molar-refractivity contribution in [3.63, 3.8) is 0 Å². The van der Waals surface area contributed by atoms with Gasteiger partial charge in [0.05, 0.1) is 10.1 Å².